The van der Waals surface area contributed by atoms with Gasteiger partial charge < -0.3 is 19.9 Å². The third kappa shape index (κ3) is 5.11. The van der Waals surface area contributed by atoms with E-state index in [1.807, 2.05) is 12.1 Å². The van der Waals surface area contributed by atoms with Crippen LogP contribution in [0.15, 0.2) is 48.7 Å². The minimum atomic E-state index is -0.367. The second-order valence-corrected chi connectivity index (χ2v) is 8.10. The zero-order valence-electron chi connectivity index (χ0n) is 18.3. The van der Waals surface area contributed by atoms with Gasteiger partial charge in [-0.15, -0.1) is 0 Å². The van der Waals surface area contributed by atoms with E-state index in [4.69, 9.17) is 16.3 Å². The van der Waals surface area contributed by atoms with E-state index in [2.05, 4.69) is 44.1 Å². The van der Waals surface area contributed by atoms with Gasteiger partial charge in [0, 0.05) is 54.6 Å². The molecule has 0 unspecified atom stereocenters. The zero-order chi connectivity index (χ0) is 22.5. The van der Waals surface area contributed by atoms with Gasteiger partial charge in [-0.3, -0.25) is 0 Å². The van der Waals surface area contributed by atoms with Crippen LogP contribution >= 0.6 is 11.6 Å². The SMILES string of the molecule is CCN1CCN(c2ccc(-c3ncc(OC)c(NCc4ccc(Cl)cc4F)n3)cc2)CC1. The van der Waals surface area contributed by atoms with E-state index in [-0.39, 0.29) is 12.4 Å². The van der Waals surface area contributed by atoms with Crippen molar-refractivity contribution >= 4 is 23.1 Å². The van der Waals surface area contributed by atoms with Crippen molar-refractivity contribution in [2.24, 2.45) is 0 Å². The number of benzene rings is 2. The molecule has 0 saturated carbocycles. The molecule has 3 aromatic rings. The van der Waals surface area contributed by atoms with E-state index in [0.717, 1.165) is 38.3 Å². The lowest BCUT2D eigenvalue weighted by molar-refractivity contribution is 0.271. The monoisotopic (exact) mass is 455 g/mol. The Morgan fingerprint density at radius 1 is 1.09 bits per heavy atom. The van der Waals surface area contributed by atoms with Crippen LogP contribution in [-0.4, -0.2) is 54.7 Å². The second-order valence-electron chi connectivity index (χ2n) is 7.67. The number of hydrogen-bond donors (Lipinski definition) is 1. The van der Waals surface area contributed by atoms with Gasteiger partial charge in [0.2, 0.25) is 0 Å². The van der Waals surface area contributed by atoms with Crippen LogP contribution in [0, 0.1) is 5.82 Å². The summed E-state index contributed by atoms with van der Waals surface area (Å²) in [5, 5.41) is 3.52. The smallest absolute Gasteiger partial charge is 0.179 e. The minimum Gasteiger partial charge on any atom is -0.491 e. The standard InChI is InChI=1S/C24H27ClFN5O/c1-3-30-10-12-31(13-11-30)20-8-5-17(6-9-20)23-28-16-22(32-2)24(29-23)27-15-18-4-7-19(25)14-21(18)26/h4-9,14,16H,3,10-13,15H2,1-2H3,(H,27,28,29). The Balaban J connectivity index is 1.49. The molecule has 168 valence electrons. The Morgan fingerprint density at radius 3 is 2.50 bits per heavy atom. The summed E-state index contributed by atoms with van der Waals surface area (Å²) in [4.78, 5) is 13.9. The second kappa shape index (κ2) is 10.1. The lowest BCUT2D eigenvalue weighted by atomic mass is 10.1. The Labute approximate surface area is 193 Å². The number of hydrogen-bond acceptors (Lipinski definition) is 6. The van der Waals surface area contributed by atoms with E-state index >= 15 is 0 Å². The molecule has 1 saturated heterocycles. The number of piperazine rings is 1. The summed E-state index contributed by atoms with van der Waals surface area (Å²) >= 11 is 5.84. The van der Waals surface area contributed by atoms with Crippen LogP contribution in [-0.2, 0) is 6.54 Å². The van der Waals surface area contributed by atoms with Gasteiger partial charge in [0.05, 0.1) is 13.3 Å². The molecule has 0 amide bonds. The fraction of sp³-hybridized carbons (Fsp3) is 0.333. The molecule has 0 atom stereocenters. The summed E-state index contributed by atoms with van der Waals surface area (Å²) < 4.78 is 19.5. The topological polar surface area (TPSA) is 53.5 Å². The van der Waals surface area contributed by atoms with Crippen molar-refractivity contribution < 1.29 is 9.13 Å². The van der Waals surface area contributed by atoms with E-state index in [0.29, 0.717) is 28.0 Å². The van der Waals surface area contributed by atoms with Crippen molar-refractivity contribution in [3.63, 3.8) is 0 Å². The normalized spacial score (nSPS) is 14.4. The first-order valence-electron chi connectivity index (χ1n) is 10.7. The molecule has 2 heterocycles. The Morgan fingerprint density at radius 2 is 1.84 bits per heavy atom. The molecule has 0 radical (unpaired) electrons. The highest BCUT2D eigenvalue weighted by Gasteiger charge is 2.16. The molecule has 0 bridgehead atoms. The molecular formula is C24H27ClFN5O. The van der Waals surface area contributed by atoms with Crippen LogP contribution in [0.3, 0.4) is 0 Å². The van der Waals surface area contributed by atoms with Gasteiger partial charge in [-0.05, 0) is 42.9 Å². The van der Waals surface area contributed by atoms with Crippen LogP contribution in [0.5, 0.6) is 5.75 Å². The summed E-state index contributed by atoms with van der Waals surface area (Å²) in [6, 6.07) is 12.9. The van der Waals surface area contributed by atoms with Crippen LogP contribution < -0.4 is 15.0 Å². The molecule has 1 aliphatic rings. The number of anilines is 2. The van der Waals surface area contributed by atoms with Gasteiger partial charge in [-0.1, -0.05) is 24.6 Å². The number of ether oxygens (including phenoxy) is 1. The predicted octanol–water partition coefficient (Wildman–Crippen LogP) is 4.70. The fourth-order valence-electron chi connectivity index (χ4n) is 3.77. The maximum atomic E-state index is 14.1. The summed E-state index contributed by atoms with van der Waals surface area (Å²) in [5.74, 6) is 1.21. The highest BCUT2D eigenvalue weighted by Crippen LogP contribution is 2.27. The summed E-state index contributed by atoms with van der Waals surface area (Å²) in [5.41, 5.74) is 2.60. The first-order chi connectivity index (χ1) is 15.6. The Kier molecular flexibility index (Phi) is 7.07. The van der Waals surface area contributed by atoms with Crippen molar-refractivity contribution in [1.29, 1.82) is 0 Å². The summed E-state index contributed by atoms with van der Waals surface area (Å²) in [6.45, 7) is 7.78. The first kappa shape index (κ1) is 22.3. The third-order valence-corrected chi connectivity index (χ3v) is 5.98. The van der Waals surface area contributed by atoms with Crippen molar-refractivity contribution in [2.75, 3.05) is 50.1 Å². The number of rotatable bonds is 7. The molecule has 1 aromatic heterocycles. The van der Waals surface area contributed by atoms with Crippen LogP contribution in [0.1, 0.15) is 12.5 Å². The van der Waals surface area contributed by atoms with E-state index in [1.54, 1.807) is 25.4 Å². The molecule has 0 spiro atoms. The minimum absolute atomic E-state index is 0.249. The largest absolute Gasteiger partial charge is 0.491 e. The van der Waals surface area contributed by atoms with Gasteiger partial charge in [0.25, 0.3) is 0 Å². The van der Waals surface area contributed by atoms with Gasteiger partial charge in [-0.25, -0.2) is 14.4 Å². The number of methoxy groups -OCH3 is 1. The third-order valence-electron chi connectivity index (χ3n) is 5.75. The average molecular weight is 456 g/mol. The maximum Gasteiger partial charge on any atom is 0.179 e. The number of nitrogens with zero attached hydrogens (tertiary/aromatic N) is 4. The van der Waals surface area contributed by atoms with Gasteiger partial charge in [-0.2, -0.15) is 0 Å². The maximum absolute atomic E-state index is 14.1. The predicted molar refractivity (Wildman–Crippen MR) is 127 cm³/mol. The quantitative estimate of drug-likeness (QED) is 0.557. The lowest BCUT2D eigenvalue weighted by Crippen LogP contribution is -2.46. The number of nitrogens with one attached hydrogen (secondary N) is 1. The van der Waals surface area contributed by atoms with Crippen LogP contribution in [0.4, 0.5) is 15.9 Å². The molecule has 1 N–H and O–H groups in total. The first-order valence-corrected chi connectivity index (χ1v) is 11.1. The number of aromatic nitrogens is 2. The highest BCUT2D eigenvalue weighted by atomic mass is 35.5. The van der Waals surface area contributed by atoms with Crippen molar-refractivity contribution in [3.05, 3.63) is 65.1 Å². The van der Waals surface area contributed by atoms with Crippen LogP contribution in [0.25, 0.3) is 11.4 Å². The van der Waals surface area contributed by atoms with Crippen molar-refractivity contribution in [1.82, 2.24) is 14.9 Å². The van der Waals surface area contributed by atoms with Gasteiger partial charge in [0.15, 0.2) is 17.4 Å². The fourth-order valence-corrected chi connectivity index (χ4v) is 3.93. The van der Waals surface area contributed by atoms with E-state index in [9.17, 15) is 4.39 Å². The molecular weight excluding hydrogens is 429 g/mol. The summed E-state index contributed by atoms with van der Waals surface area (Å²) in [7, 11) is 1.56. The van der Waals surface area contributed by atoms with Crippen LogP contribution in [0.2, 0.25) is 5.02 Å². The molecule has 8 heteroatoms. The molecule has 1 fully saturated rings. The molecule has 4 rings (SSSR count). The highest BCUT2D eigenvalue weighted by molar-refractivity contribution is 6.30. The Hall–Kier alpha value is -2.90. The molecule has 2 aromatic carbocycles. The van der Waals surface area contributed by atoms with E-state index < -0.39 is 0 Å². The van der Waals surface area contributed by atoms with Gasteiger partial charge >= 0.3 is 0 Å². The van der Waals surface area contributed by atoms with Crippen molar-refractivity contribution in [3.8, 4) is 17.1 Å². The molecule has 1 aliphatic heterocycles. The number of halogens is 2. The molecule has 32 heavy (non-hydrogen) atoms. The van der Waals surface area contributed by atoms with E-state index in [1.165, 1.54) is 11.8 Å². The molecule has 0 aliphatic carbocycles. The summed E-state index contributed by atoms with van der Waals surface area (Å²) in [6.07, 6.45) is 1.63. The Bertz CT molecular complexity index is 1050. The lowest BCUT2D eigenvalue weighted by Gasteiger charge is -2.35. The molecule has 6 nitrogen and oxygen atoms in total. The van der Waals surface area contributed by atoms with Crippen molar-refractivity contribution in [2.45, 2.75) is 13.5 Å². The number of likely N-dealkylation sites (N-methyl/N-ethyl adjacent to an activating group) is 1. The zero-order valence-corrected chi connectivity index (χ0v) is 19.1. The average Bonchev–Trinajstić information content (AvgIpc) is 2.83. The van der Waals surface area contributed by atoms with Gasteiger partial charge in [0.1, 0.15) is 5.82 Å².